The fourth-order valence-corrected chi connectivity index (χ4v) is 1.86. The van der Waals surface area contributed by atoms with Crippen molar-refractivity contribution < 1.29 is 14.6 Å². The SMILES string of the molecule is C=C(C)C(=O)OCCc1ccc(O)c(C(C)(C)CC)c1. The molecule has 0 aliphatic carbocycles. The van der Waals surface area contributed by atoms with Crippen molar-refractivity contribution in [1.82, 2.24) is 0 Å². The number of benzene rings is 1. The topological polar surface area (TPSA) is 46.5 Å². The summed E-state index contributed by atoms with van der Waals surface area (Å²) in [7, 11) is 0. The Kier molecular flexibility index (Phi) is 5.37. The van der Waals surface area contributed by atoms with Crippen LogP contribution in [-0.4, -0.2) is 17.7 Å². The standard InChI is InChI=1S/C17H24O3/c1-6-17(4,5)14-11-13(7-8-15(14)18)9-10-20-16(19)12(2)3/h7-8,11,18H,2,6,9-10H2,1,3-5H3. The van der Waals surface area contributed by atoms with Crippen LogP contribution in [0.1, 0.15) is 45.2 Å². The normalized spacial score (nSPS) is 11.2. The highest BCUT2D eigenvalue weighted by Crippen LogP contribution is 2.34. The van der Waals surface area contributed by atoms with Crippen LogP contribution in [0.15, 0.2) is 30.4 Å². The molecule has 0 aliphatic rings. The molecule has 0 unspecified atom stereocenters. The Morgan fingerprint density at radius 3 is 2.60 bits per heavy atom. The first-order valence-corrected chi connectivity index (χ1v) is 6.93. The van der Waals surface area contributed by atoms with Crippen molar-refractivity contribution >= 4 is 5.97 Å². The predicted octanol–water partition coefficient (Wildman–Crippen LogP) is 3.74. The van der Waals surface area contributed by atoms with Gasteiger partial charge in [0.05, 0.1) is 6.61 Å². The summed E-state index contributed by atoms with van der Waals surface area (Å²) in [6.07, 6.45) is 1.57. The van der Waals surface area contributed by atoms with Crippen molar-refractivity contribution in [1.29, 1.82) is 0 Å². The molecule has 1 aromatic rings. The van der Waals surface area contributed by atoms with Crippen molar-refractivity contribution in [2.75, 3.05) is 6.61 Å². The van der Waals surface area contributed by atoms with E-state index in [1.807, 2.05) is 12.1 Å². The number of aromatic hydroxyl groups is 1. The van der Waals surface area contributed by atoms with Crippen molar-refractivity contribution in [3.8, 4) is 5.75 Å². The maximum Gasteiger partial charge on any atom is 0.333 e. The average Bonchev–Trinajstić information content (AvgIpc) is 2.40. The molecule has 110 valence electrons. The minimum Gasteiger partial charge on any atom is -0.508 e. The molecule has 0 atom stereocenters. The van der Waals surface area contributed by atoms with E-state index in [1.54, 1.807) is 13.0 Å². The summed E-state index contributed by atoms with van der Waals surface area (Å²) in [5.74, 6) is -0.0441. The van der Waals surface area contributed by atoms with Gasteiger partial charge in [-0.1, -0.05) is 39.5 Å². The van der Waals surface area contributed by atoms with Gasteiger partial charge in [-0.3, -0.25) is 0 Å². The zero-order valence-corrected chi connectivity index (χ0v) is 12.8. The molecular weight excluding hydrogens is 252 g/mol. The number of ether oxygens (including phenoxy) is 1. The maximum absolute atomic E-state index is 11.3. The lowest BCUT2D eigenvalue weighted by Crippen LogP contribution is -2.16. The van der Waals surface area contributed by atoms with Crippen LogP contribution in [0.25, 0.3) is 0 Å². The zero-order valence-electron chi connectivity index (χ0n) is 12.8. The van der Waals surface area contributed by atoms with Gasteiger partial charge in [-0.25, -0.2) is 4.79 Å². The van der Waals surface area contributed by atoms with Crippen molar-refractivity contribution in [3.05, 3.63) is 41.5 Å². The van der Waals surface area contributed by atoms with Gasteiger partial charge in [-0.2, -0.15) is 0 Å². The average molecular weight is 276 g/mol. The molecule has 3 heteroatoms. The van der Waals surface area contributed by atoms with Gasteiger partial charge in [0.15, 0.2) is 0 Å². The van der Waals surface area contributed by atoms with Gasteiger partial charge in [0, 0.05) is 12.0 Å². The van der Waals surface area contributed by atoms with Gasteiger partial charge in [-0.15, -0.1) is 0 Å². The summed E-state index contributed by atoms with van der Waals surface area (Å²) in [5.41, 5.74) is 2.31. The van der Waals surface area contributed by atoms with E-state index in [0.29, 0.717) is 24.4 Å². The molecule has 1 aromatic carbocycles. The predicted molar refractivity (Wildman–Crippen MR) is 80.9 cm³/mol. The highest BCUT2D eigenvalue weighted by atomic mass is 16.5. The highest BCUT2D eigenvalue weighted by Gasteiger charge is 2.22. The summed E-state index contributed by atoms with van der Waals surface area (Å²) in [5, 5.41) is 9.99. The number of hydrogen-bond acceptors (Lipinski definition) is 3. The van der Waals surface area contributed by atoms with E-state index in [1.165, 1.54) is 0 Å². The van der Waals surface area contributed by atoms with E-state index in [4.69, 9.17) is 4.74 Å². The van der Waals surface area contributed by atoms with E-state index in [2.05, 4.69) is 27.4 Å². The van der Waals surface area contributed by atoms with Gasteiger partial charge in [-0.05, 0) is 36.0 Å². The molecule has 0 fully saturated rings. The maximum atomic E-state index is 11.3. The summed E-state index contributed by atoms with van der Waals surface area (Å²) in [4.78, 5) is 11.3. The molecular formula is C17H24O3. The Morgan fingerprint density at radius 2 is 2.05 bits per heavy atom. The monoisotopic (exact) mass is 276 g/mol. The van der Waals surface area contributed by atoms with Crippen molar-refractivity contribution in [2.45, 2.75) is 46.0 Å². The molecule has 0 saturated heterocycles. The molecule has 0 spiro atoms. The second kappa shape index (κ2) is 6.60. The lowest BCUT2D eigenvalue weighted by molar-refractivity contribution is -0.138. The minimum absolute atomic E-state index is 0.0749. The molecule has 0 amide bonds. The van der Waals surface area contributed by atoms with Crippen LogP contribution in [0.5, 0.6) is 5.75 Å². The molecule has 0 saturated carbocycles. The van der Waals surface area contributed by atoms with E-state index >= 15 is 0 Å². The lowest BCUT2D eigenvalue weighted by atomic mass is 9.81. The van der Waals surface area contributed by atoms with E-state index in [-0.39, 0.29) is 11.4 Å². The van der Waals surface area contributed by atoms with Crippen LogP contribution in [-0.2, 0) is 21.4 Å². The second-order valence-electron chi connectivity index (χ2n) is 5.76. The molecule has 0 heterocycles. The molecule has 20 heavy (non-hydrogen) atoms. The third kappa shape index (κ3) is 4.12. The van der Waals surface area contributed by atoms with E-state index in [0.717, 1.165) is 17.5 Å². The summed E-state index contributed by atoms with van der Waals surface area (Å²) >= 11 is 0. The Morgan fingerprint density at radius 1 is 1.40 bits per heavy atom. The molecule has 1 rings (SSSR count). The number of phenolic OH excluding ortho intramolecular Hbond substituents is 1. The number of esters is 1. The van der Waals surface area contributed by atoms with Crippen LogP contribution in [0.2, 0.25) is 0 Å². The van der Waals surface area contributed by atoms with Crippen molar-refractivity contribution in [3.63, 3.8) is 0 Å². The van der Waals surface area contributed by atoms with Crippen LogP contribution in [0.4, 0.5) is 0 Å². The largest absolute Gasteiger partial charge is 0.508 e. The lowest BCUT2D eigenvalue weighted by Gasteiger charge is -2.25. The number of carbonyl (C=O) groups excluding carboxylic acids is 1. The minimum atomic E-state index is -0.363. The molecule has 1 N–H and O–H groups in total. The summed E-state index contributed by atoms with van der Waals surface area (Å²) in [6.45, 7) is 11.8. The van der Waals surface area contributed by atoms with E-state index < -0.39 is 0 Å². The first-order valence-electron chi connectivity index (χ1n) is 6.93. The van der Waals surface area contributed by atoms with Gasteiger partial charge < -0.3 is 9.84 Å². The van der Waals surface area contributed by atoms with Crippen LogP contribution < -0.4 is 0 Å². The van der Waals surface area contributed by atoms with Gasteiger partial charge in [0.25, 0.3) is 0 Å². The number of phenols is 1. The Hall–Kier alpha value is -1.77. The van der Waals surface area contributed by atoms with E-state index in [9.17, 15) is 9.90 Å². The molecule has 0 aliphatic heterocycles. The molecule has 0 bridgehead atoms. The number of hydrogen-bond donors (Lipinski definition) is 1. The fraction of sp³-hybridized carbons (Fsp3) is 0.471. The van der Waals surface area contributed by atoms with Crippen LogP contribution >= 0.6 is 0 Å². The molecule has 0 radical (unpaired) electrons. The van der Waals surface area contributed by atoms with Gasteiger partial charge in [0.1, 0.15) is 5.75 Å². The van der Waals surface area contributed by atoms with Gasteiger partial charge in [0.2, 0.25) is 0 Å². The quantitative estimate of drug-likeness (QED) is 0.636. The first kappa shape index (κ1) is 16.3. The number of rotatable bonds is 6. The first-order chi connectivity index (χ1) is 9.27. The second-order valence-corrected chi connectivity index (χ2v) is 5.76. The summed E-state index contributed by atoms with van der Waals surface area (Å²) in [6, 6.07) is 5.56. The third-order valence-electron chi connectivity index (χ3n) is 3.65. The Labute approximate surface area is 121 Å². The van der Waals surface area contributed by atoms with Crippen molar-refractivity contribution in [2.24, 2.45) is 0 Å². The van der Waals surface area contributed by atoms with Crippen LogP contribution in [0, 0.1) is 0 Å². The Bertz CT molecular complexity index is 501. The van der Waals surface area contributed by atoms with Gasteiger partial charge >= 0.3 is 5.97 Å². The van der Waals surface area contributed by atoms with Crippen LogP contribution in [0.3, 0.4) is 0 Å². The molecule has 0 aromatic heterocycles. The summed E-state index contributed by atoms with van der Waals surface area (Å²) < 4.78 is 5.09. The Balaban J connectivity index is 2.76. The third-order valence-corrected chi connectivity index (χ3v) is 3.65. The highest BCUT2D eigenvalue weighted by molar-refractivity contribution is 5.86. The fourth-order valence-electron chi connectivity index (χ4n) is 1.86. The molecule has 3 nitrogen and oxygen atoms in total. The number of carbonyl (C=O) groups is 1. The zero-order chi connectivity index (χ0) is 15.3. The smallest absolute Gasteiger partial charge is 0.333 e.